The Hall–Kier alpha value is -2.21. The Balaban J connectivity index is 2.33. The fourth-order valence-electron chi connectivity index (χ4n) is 1.82. The maximum Gasteiger partial charge on any atom is 0.233 e. The second-order valence-electron chi connectivity index (χ2n) is 5.37. The van der Waals surface area contributed by atoms with Crippen LogP contribution in [-0.2, 0) is 9.59 Å². The van der Waals surface area contributed by atoms with Gasteiger partial charge < -0.3 is 15.5 Å². The Labute approximate surface area is 130 Å². The van der Waals surface area contributed by atoms with Gasteiger partial charge in [0, 0.05) is 17.8 Å². The third-order valence-electron chi connectivity index (χ3n) is 3.00. The van der Waals surface area contributed by atoms with Crippen LogP contribution in [0, 0.1) is 0 Å². The second kappa shape index (κ2) is 8.94. The lowest BCUT2D eigenvalue weighted by molar-refractivity contribution is -0.126. The third-order valence-corrected chi connectivity index (χ3v) is 3.00. The number of ketones is 1. The minimum atomic E-state index is -0.374. The van der Waals surface area contributed by atoms with E-state index in [1.807, 2.05) is 19.0 Å². The van der Waals surface area contributed by atoms with Gasteiger partial charge in [0.25, 0.3) is 0 Å². The summed E-state index contributed by atoms with van der Waals surface area (Å²) in [5, 5.41) is 5.34. The van der Waals surface area contributed by atoms with Gasteiger partial charge in [0.15, 0.2) is 5.78 Å². The minimum absolute atomic E-state index is 0.0324. The predicted octanol–water partition coefficient (Wildman–Crippen LogP) is 1.29. The summed E-state index contributed by atoms with van der Waals surface area (Å²) in [4.78, 5) is 36.5. The molecule has 1 aromatic carbocycles. The van der Waals surface area contributed by atoms with Gasteiger partial charge in [-0.25, -0.2) is 0 Å². The summed E-state index contributed by atoms with van der Waals surface area (Å²) in [6.07, 6.45) is 0.628. The predicted molar refractivity (Wildman–Crippen MR) is 85.9 cm³/mol. The smallest absolute Gasteiger partial charge is 0.233 e. The zero-order chi connectivity index (χ0) is 16.5. The molecule has 2 N–H and O–H groups in total. The maximum atomic E-state index is 11.7. The Kier molecular flexibility index (Phi) is 7.25. The van der Waals surface area contributed by atoms with Crippen LogP contribution in [0.25, 0.3) is 0 Å². The molecule has 6 nitrogen and oxygen atoms in total. The van der Waals surface area contributed by atoms with E-state index in [9.17, 15) is 14.4 Å². The van der Waals surface area contributed by atoms with Crippen LogP contribution in [0.3, 0.4) is 0 Å². The first-order valence-corrected chi connectivity index (χ1v) is 7.21. The highest BCUT2D eigenvalue weighted by Crippen LogP contribution is 2.10. The van der Waals surface area contributed by atoms with Crippen LogP contribution in [0.4, 0.5) is 5.69 Å². The fourth-order valence-corrected chi connectivity index (χ4v) is 1.82. The van der Waals surface area contributed by atoms with E-state index in [0.717, 1.165) is 13.0 Å². The van der Waals surface area contributed by atoms with Gasteiger partial charge in [0.05, 0.1) is 0 Å². The van der Waals surface area contributed by atoms with Crippen molar-refractivity contribution in [2.45, 2.75) is 19.8 Å². The van der Waals surface area contributed by atoms with Crippen molar-refractivity contribution >= 4 is 23.3 Å². The molecule has 0 spiro atoms. The highest BCUT2D eigenvalue weighted by atomic mass is 16.2. The van der Waals surface area contributed by atoms with Crippen LogP contribution in [-0.4, -0.2) is 49.7 Å². The van der Waals surface area contributed by atoms with Crippen LogP contribution < -0.4 is 10.6 Å². The molecular weight excluding hydrogens is 282 g/mol. The Morgan fingerprint density at radius 3 is 2.23 bits per heavy atom. The third kappa shape index (κ3) is 6.99. The molecule has 0 aromatic heterocycles. The summed E-state index contributed by atoms with van der Waals surface area (Å²) in [5.74, 6) is -0.702. The summed E-state index contributed by atoms with van der Waals surface area (Å²) in [6.45, 7) is 2.92. The van der Waals surface area contributed by atoms with Crippen molar-refractivity contribution in [2.75, 3.05) is 32.5 Å². The van der Waals surface area contributed by atoms with Crippen molar-refractivity contribution in [1.82, 2.24) is 10.2 Å². The normalized spacial score (nSPS) is 10.4. The van der Waals surface area contributed by atoms with E-state index in [1.54, 1.807) is 24.3 Å². The van der Waals surface area contributed by atoms with Crippen molar-refractivity contribution in [3.05, 3.63) is 29.8 Å². The number of nitrogens with one attached hydrogen (secondary N) is 2. The first-order valence-electron chi connectivity index (χ1n) is 7.21. The van der Waals surface area contributed by atoms with E-state index < -0.39 is 0 Å². The van der Waals surface area contributed by atoms with Crippen molar-refractivity contribution in [3.63, 3.8) is 0 Å². The summed E-state index contributed by atoms with van der Waals surface area (Å²) < 4.78 is 0. The average Bonchev–Trinajstić information content (AvgIpc) is 2.43. The standard InChI is InChI=1S/C16H23N3O3/c1-12(20)13-5-7-14(8-6-13)18-16(22)11-15(21)17-9-4-10-19(2)3/h5-8H,4,9-11H2,1-3H3,(H,17,21)(H,18,22). The highest BCUT2D eigenvalue weighted by molar-refractivity contribution is 6.03. The molecule has 1 aromatic rings. The van der Waals surface area contributed by atoms with Gasteiger partial charge in [-0.2, -0.15) is 0 Å². The van der Waals surface area contributed by atoms with Gasteiger partial charge in [0.2, 0.25) is 11.8 Å². The van der Waals surface area contributed by atoms with Gasteiger partial charge in [-0.05, 0) is 58.3 Å². The van der Waals surface area contributed by atoms with E-state index in [1.165, 1.54) is 6.92 Å². The number of hydrogen-bond donors (Lipinski definition) is 2. The number of rotatable bonds is 8. The van der Waals surface area contributed by atoms with Crippen LogP contribution in [0.5, 0.6) is 0 Å². The number of anilines is 1. The van der Waals surface area contributed by atoms with Crippen molar-refractivity contribution < 1.29 is 14.4 Å². The summed E-state index contributed by atoms with van der Waals surface area (Å²) in [5.41, 5.74) is 1.15. The first-order chi connectivity index (χ1) is 10.4. The topological polar surface area (TPSA) is 78.5 Å². The molecule has 0 bridgehead atoms. The molecule has 0 saturated heterocycles. The van der Waals surface area contributed by atoms with E-state index in [4.69, 9.17) is 0 Å². The Morgan fingerprint density at radius 2 is 1.68 bits per heavy atom. The van der Waals surface area contributed by atoms with Crippen molar-refractivity contribution in [2.24, 2.45) is 0 Å². The number of nitrogens with zero attached hydrogens (tertiary/aromatic N) is 1. The molecule has 0 aliphatic rings. The summed E-state index contributed by atoms with van der Waals surface area (Å²) in [6, 6.07) is 6.56. The highest BCUT2D eigenvalue weighted by Gasteiger charge is 2.09. The number of carbonyl (C=O) groups excluding carboxylic acids is 3. The molecule has 0 radical (unpaired) electrons. The molecule has 0 fully saturated rings. The van der Waals surface area contributed by atoms with Gasteiger partial charge in [-0.3, -0.25) is 14.4 Å². The molecule has 0 saturated carbocycles. The molecule has 0 heterocycles. The van der Waals surface area contributed by atoms with Gasteiger partial charge in [-0.15, -0.1) is 0 Å². The van der Waals surface area contributed by atoms with Crippen LogP contribution in [0.15, 0.2) is 24.3 Å². The lowest BCUT2D eigenvalue weighted by Gasteiger charge is -2.10. The summed E-state index contributed by atoms with van der Waals surface area (Å²) in [7, 11) is 3.93. The first kappa shape index (κ1) is 17.8. The lowest BCUT2D eigenvalue weighted by atomic mass is 10.1. The number of carbonyl (C=O) groups is 3. The monoisotopic (exact) mass is 305 g/mol. The molecule has 0 aliphatic heterocycles. The van der Waals surface area contributed by atoms with Crippen LogP contribution in [0.2, 0.25) is 0 Å². The van der Waals surface area contributed by atoms with Crippen molar-refractivity contribution in [1.29, 1.82) is 0 Å². The largest absolute Gasteiger partial charge is 0.356 e. The second-order valence-corrected chi connectivity index (χ2v) is 5.37. The number of benzene rings is 1. The Morgan fingerprint density at radius 1 is 1.05 bits per heavy atom. The van der Waals surface area contributed by atoms with E-state index in [-0.39, 0.29) is 24.0 Å². The van der Waals surface area contributed by atoms with Gasteiger partial charge >= 0.3 is 0 Å². The van der Waals surface area contributed by atoms with Gasteiger partial charge in [-0.1, -0.05) is 0 Å². The number of amides is 2. The molecule has 6 heteroatoms. The zero-order valence-electron chi connectivity index (χ0n) is 13.3. The molecule has 22 heavy (non-hydrogen) atoms. The van der Waals surface area contributed by atoms with Crippen LogP contribution in [0.1, 0.15) is 30.1 Å². The fraction of sp³-hybridized carbons (Fsp3) is 0.438. The van der Waals surface area contributed by atoms with Gasteiger partial charge in [0.1, 0.15) is 6.42 Å². The van der Waals surface area contributed by atoms with E-state index >= 15 is 0 Å². The quantitative estimate of drug-likeness (QED) is 0.431. The Bertz CT molecular complexity index is 524. The number of hydrogen-bond acceptors (Lipinski definition) is 4. The molecule has 1 rings (SSSR count). The SMILES string of the molecule is CC(=O)c1ccc(NC(=O)CC(=O)NCCCN(C)C)cc1. The molecular formula is C16H23N3O3. The molecule has 0 unspecified atom stereocenters. The van der Waals surface area contributed by atoms with E-state index in [0.29, 0.717) is 17.8 Å². The van der Waals surface area contributed by atoms with E-state index in [2.05, 4.69) is 10.6 Å². The average molecular weight is 305 g/mol. The molecule has 0 aliphatic carbocycles. The maximum absolute atomic E-state index is 11.7. The molecule has 120 valence electrons. The summed E-state index contributed by atoms with van der Waals surface area (Å²) >= 11 is 0. The lowest BCUT2D eigenvalue weighted by Crippen LogP contribution is -2.30. The molecule has 0 atom stereocenters. The zero-order valence-corrected chi connectivity index (χ0v) is 13.3. The number of Topliss-reactive ketones (excluding diaryl/α,β-unsaturated/α-hetero) is 1. The van der Waals surface area contributed by atoms with Crippen LogP contribution >= 0.6 is 0 Å². The molecule has 2 amide bonds. The minimum Gasteiger partial charge on any atom is -0.356 e. The van der Waals surface area contributed by atoms with Crippen molar-refractivity contribution in [3.8, 4) is 0 Å².